The second-order valence-corrected chi connectivity index (χ2v) is 7.92. The van der Waals surface area contributed by atoms with E-state index in [0.717, 1.165) is 12.0 Å². The SMILES string of the molecule is CSc1ccc(C2NCC(=O)N2CCC(C)S(C)=O)cc1. The van der Waals surface area contributed by atoms with Crippen molar-refractivity contribution in [2.24, 2.45) is 0 Å². The van der Waals surface area contributed by atoms with Crippen molar-refractivity contribution in [1.82, 2.24) is 10.2 Å². The number of nitrogens with one attached hydrogen (secondary N) is 1. The second kappa shape index (κ2) is 7.42. The topological polar surface area (TPSA) is 49.4 Å². The maximum absolute atomic E-state index is 12.0. The Kier molecular flexibility index (Phi) is 5.84. The summed E-state index contributed by atoms with van der Waals surface area (Å²) in [5.41, 5.74) is 1.10. The van der Waals surface area contributed by atoms with Gasteiger partial charge < -0.3 is 4.90 Å². The third kappa shape index (κ3) is 4.08. The molecule has 6 heteroatoms. The first-order valence-electron chi connectivity index (χ1n) is 7.02. The molecule has 2 rings (SSSR count). The minimum Gasteiger partial charge on any atom is -0.322 e. The van der Waals surface area contributed by atoms with Crippen LogP contribution in [0.4, 0.5) is 0 Å². The van der Waals surface area contributed by atoms with Crippen molar-refractivity contribution in [3.05, 3.63) is 29.8 Å². The molecule has 0 aromatic heterocycles. The van der Waals surface area contributed by atoms with Crippen molar-refractivity contribution in [2.45, 2.75) is 29.7 Å². The molecule has 0 saturated carbocycles. The van der Waals surface area contributed by atoms with E-state index in [4.69, 9.17) is 0 Å². The number of hydrogen-bond donors (Lipinski definition) is 1. The minimum absolute atomic E-state index is 0.0640. The maximum atomic E-state index is 12.0. The van der Waals surface area contributed by atoms with Crippen molar-refractivity contribution in [1.29, 1.82) is 0 Å². The monoisotopic (exact) mass is 326 g/mol. The van der Waals surface area contributed by atoms with Gasteiger partial charge in [-0.15, -0.1) is 11.8 Å². The van der Waals surface area contributed by atoms with Gasteiger partial charge in [-0.3, -0.25) is 14.3 Å². The lowest BCUT2D eigenvalue weighted by Gasteiger charge is -2.25. The van der Waals surface area contributed by atoms with Crippen LogP contribution in [0, 0.1) is 0 Å². The zero-order chi connectivity index (χ0) is 15.4. The third-order valence-electron chi connectivity index (χ3n) is 3.85. The fraction of sp³-hybridized carbons (Fsp3) is 0.533. The van der Waals surface area contributed by atoms with Crippen LogP contribution in [-0.2, 0) is 15.6 Å². The van der Waals surface area contributed by atoms with Gasteiger partial charge in [-0.05, 0) is 30.4 Å². The molecule has 1 aromatic rings. The van der Waals surface area contributed by atoms with Crippen LogP contribution in [0.25, 0.3) is 0 Å². The van der Waals surface area contributed by atoms with E-state index in [2.05, 4.69) is 29.6 Å². The molecule has 1 heterocycles. The predicted molar refractivity (Wildman–Crippen MR) is 88.8 cm³/mol. The Morgan fingerprint density at radius 2 is 2.10 bits per heavy atom. The van der Waals surface area contributed by atoms with Crippen LogP contribution in [-0.4, -0.2) is 45.9 Å². The molecular formula is C15H22N2O2S2. The highest BCUT2D eigenvalue weighted by Crippen LogP contribution is 2.25. The lowest BCUT2D eigenvalue weighted by Crippen LogP contribution is -2.33. The van der Waals surface area contributed by atoms with Gasteiger partial charge in [0.2, 0.25) is 5.91 Å². The first kappa shape index (κ1) is 16.5. The van der Waals surface area contributed by atoms with Crippen molar-refractivity contribution >= 4 is 28.5 Å². The molecule has 1 amide bonds. The smallest absolute Gasteiger partial charge is 0.238 e. The summed E-state index contributed by atoms with van der Waals surface area (Å²) in [5.74, 6) is 0.114. The largest absolute Gasteiger partial charge is 0.322 e. The molecule has 116 valence electrons. The van der Waals surface area contributed by atoms with E-state index in [9.17, 15) is 9.00 Å². The van der Waals surface area contributed by atoms with Gasteiger partial charge in [0.1, 0.15) is 6.17 Å². The zero-order valence-corrected chi connectivity index (χ0v) is 14.3. The average molecular weight is 326 g/mol. The van der Waals surface area contributed by atoms with Gasteiger partial charge in [-0.1, -0.05) is 19.1 Å². The Balaban J connectivity index is 2.06. The molecule has 1 N–H and O–H groups in total. The molecule has 0 spiro atoms. The highest BCUT2D eigenvalue weighted by atomic mass is 32.2. The second-order valence-electron chi connectivity index (χ2n) is 5.24. The summed E-state index contributed by atoms with van der Waals surface area (Å²) in [6.07, 6.45) is 4.46. The number of carbonyl (C=O) groups excluding carboxylic acids is 1. The van der Waals surface area contributed by atoms with E-state index in [1.165, 1.54) is 4.90 Å². The summed E-state index contributed by atoms with van der Waals surface area (Å²) in [6, 6.07) is 8.28. The summed E-state index contributed by atoms with van der Waals surface area (Å²) >= 11 is 1.70. The van der Waals surface area contributed by atoms with Crippen molar-refractivity contribution in [3.63, 3.8) is 0 Å². The molecule has 3 unspecified atom stereocenters. The van der Waals surface area contributed by atoms with Gasteiger partial charge >= 0.3 is 0 Å². The van der Waals surface area contributed by atoms with E-state index < -0.39 is 10.8 Å². The number of thioether (sulfide) groups is 1. The first-order valence-corrected chi connectivity index (χ1v) is 9.86. The Morgan fingerprint density at radius 1 is 1.43 bits per heavy atom. The summed E-state index contributed by atoms with van der Waals surface area (Å²) in [5, 5.41) is 3.37. The van der Waals surface area contributed by atoms with Gasteiger partial charge in [0.15, 0.2) is 0 Å². The third-order valence-corrected chi connectivity index (χ3v) is 5.97. The Morgan fingerprint density at radius 3 is 2.67 bits per heavy atom. The zero-order valence-electron chi connectivity index (χ0n) is 12.7. The summed E-state index contributed by atoms with van der Waals surface area (Å²) in [6.45, 7) is 2.98. The summed E-state index contributed by atoms with van der Waals surface area (Å²) in [4.78, 5) is 15.1. The van der Waals surface area contributed by atoms with E-state index in [0.29, 0.717) is 13.1 Å². The lowest BCUT2D eigenvalue weighted by atomic mass is 10.1. The summed E-state index contributed by atoms with van der Waals surface area (Å²) in [7, 11) is -0.843. The molecule has 1 fully saturated rings. The molecular weight excluding hydrogens is 304 g/mol. The van der Waals surface area contributed by atoms with E-state index in [1.54, 1.807) is 18.0 Å². The van der Waals surface area contributed by atoms with Crippen LogP contribution < -0.4 is 5.32 Å². The van der Waals surface area contributed by atoms with Crippen molar-refractivity contribution in [2.75, 3.05) is 25.6 Å². The maximum Gasteiger partial charge on any atom is 0.238 e. The molecule has 0 radical (unpaired) electrons. The number of hydrogen-bond acceptors (Lipinski definition) is 4. The van der Waals surface area contributed by atoms with Gasteiger partial charge in [0, 0.05) is 33.7 Å². The van der Waals surface area contributed by atoms with Crippen LogP contribution in [0.1, 0.15) is 25.1 Å². The van der Waals surface area contributed by atoms with Crippen molar-refractivity contribution in [3.8, 4) is 0 Å². The van der Waals surface area contributed by atoms with Crippen molar-refractivity contribution < 1.29 is 9.00 Å². The van der Waals surface area contributed by atoms with E-state index >= 15 is 0 Å². The number of nitrogens with zero attached hydrogens (tertiary/aromatic N) is 1. The minimum atomic E-state index is -0.843. The normalized spacial score (nSPS) is 21.6. The fourth-order valence-electron chi connectivity index (χ4n) is 2.36. The fourth-order valence-corrected chi connectivity index (χ4v) is 3.21. The van der Waals surface area contributed by atoms with Gasteiger partial charge in [-0.2, -0.15) is 0 Å². The average Bonchev–Trinajstić information content (AvgIpc) is 2.85. The van der Waals surface area contributed by atoms with E-state index in [1.807, 2.05) is 18.1 Å². The van der Waals surface area contributed by atoms with Crippen LogP contribution in [0.2, 0.25) is 0 Å². The Bertz CT molecular complexity index is 519. The highest BCUT2D eigenvalue weighted by molar-refractivity contribution is 7.98. The number of benzene rings is 1. The number of rotatable bonds is 6. The van der Waals surface area contributed by atoms with Crippen LogP contribution in [0.15, 0.2) is 29.2 Å². The highest BCUT2D eigenvalue weighted by Gasteiger charge is 2.31. The predicted octanol–water partition coefficient (Wildman–Crippen LogP) is 2.00. The van der Waals surface area contributed by atoms with Crippen LogP contribution in [0.5, 0.6) is 0 Å². The first-order chi connectivity index (χ1) is 10.0. The lowest BCUT2D eigenvalue weighted by molar-refractivity contribution is -0.128. The molecule has 1 saturated heterocycles. The standard InChI is InChI=1S/C15H22N2O2S2/c1-11(21(3)19)8-9-17-14(18)10-16-15(17)12-4-6-13(20-2)7-5-12/h4-7,11,15-16H,8-10H2,1-3H3. The van der Waals surface area contributed by atoms with Gasteiger partial charge in [0.05, 0.1) is 6.54 Å². The molecule has 1 aliphatic heterocycles. The van der Waals surface area contributed by atoms with Crippen LogP contribution in [0.3, 0.4) is 0 Å². The molecule has 1 aromatic carbocycles. The molecule has 1 aliphatic rings. The molecule has 4 nitrogen and oxygen atoms in total. The Labute approximate surface area is 133 Å². The number of carbonyl (C=O) groups is 1. The summed E-state index contributed by atoms with van der Waals surface area (Å²) < 4.78 is 11.4. The molecule has 0 aliphatic carbocycles. The van der Waals surface area contributed by atoms with Crippen LogP contribution >= 0.6 is 11.8 Å². The Hall–Kier alpha value is -0.850. The van der Waals surface area contributed by atoms with E-state index in [-0.39, 0.29) is 17.3 Å². The molecule has 21 heavy (non-hydrogen) atoms. The quantitative estimate of drug-likeness (QED) is 0.812. The molecule has 3 atom stereocenters. The number of amides is 1. The molecule has 0 bridgehead atoms. The van der Waals surface area contributed by atoms with Gasteiger partial charge in [-0.25, -0.2) is 0 Å². The van der Waals surface area contributed by atoms with Gasteiger partial charge in [0.25, 0.3) is 0 Å².